The minimum atomic E-state index is -3.49. The Kier molecular flexibility index (Phi) is 4.36. The summed E-state index contributed by atoms with van der Waals surface area (Å²) in [6.07, 6.45) is 1.69. The highest BCUT2D eigenvalue weighted by Gasteiger charge is 2.24. The number of anilines is 1. The van der Waals surface area contributed by atoms with Crippen molar-refractivity contribution < 1.29 is 8.42 Å². The number of benzene rings is 1. The molecule has 20 heavy (non-hydrogen) atoms. The Labute approximate surface area is 121 Å². The molecule has 0 aromatic heterocycles. The molecule has 0 radical (unpaired) electrons. The van der Waals surface area contributed by atoms with E-state index >= 15 is 0 Å². The topological polar surface area (TPSA) is 75.4 Å². The monoisotopic (exact) mass is 297 g/mol. The van der Waals surface area contributed by atoms with Crippen LogP contribution in [0.2, 0.25) is 0 Å². The number of nitrogens with two attached hydrogens (primary N) is 1. The molecule has 3 N–H and O–H groups in total. The van der Waals surface area contributed by atoms with Crippen molar-refractivity contribution in [3.8, 4) is 0 Å². The Morgan fingerprint density at radius 1 is 1.25 bits per heavy atom. The largest absolute Gasteiger partial charge is 0.398 e. The van der Waals surface area contributed by atoms with Gasteiger partial charge in [0.1, 0.15) is 0 Å². The molecule has 0 saturated carbocycles. The van der Waals surface area contributed by atoms with Crippen LogP contribution < -0.4 is 10.5 Å². The van der Waals surface area contributed by atoms with E-state index in [4.69, 9.17) is 5.73 Å². The lowest BCUT2D eigenvalue weighted by Gasteiger charge is -2.29. The number of nitrogens with one attached hydrogen (secondary N) is 1. The van der Waals surface area contributed by atoms with Crippen LogP contribution in [0.5, 0.6) is 0 Å². The van der Waals surface area contributed by atoms with Gasteiger partial charge in [-0.1, -0.05) is 0 Å². The van der Waals surface area contributed by atoms with E-state index in [1.54, 1.807) is 12.1 Å². The molecule has 1 aliphatic heterocycles. The van der Waals surface area contributed by atoms with Gasteiger partial charge in [-0.25, -0.2) is 13.1 Å². The fourth-order valence-electron chi connectivity index (χ4n) is 2.42. The van der Waals surface area contributed by atoms with E-state index < -0.39 is 10.0 Å². The van der Waals surface area contributed by atoms with Crippen molar-refractivity contribution >= 4 is 15.7 Å². The molecule has 1 aliphatic rings. The molecule has 112 valence electrons. The van der Waals surface area contributed by atoms with Crippen LogP contribution >= 0.6 is 0 Å². The third kappa shape index (κ3) is 3.31. The summed E-state index contributed by atoms with van der Waals surface area (Å²) in [6, 6.07) is 3.24. The van der Waals surface area contributed by atoms with Gasteiger partial charge in [0.15, 0.2) is 0 Å². The normalized spacial score (nSPS) is 18.4. The van der Waals surface area contributed by atoms with Gasteiger partial charge in [-0.2, -0.15) is 0 Å². The first-order chi connectivity index (χ1) is 9.29. The van der Waals surface area contributed by atoms with Crippen molar-refractivity contribution in [2.24, 2.45) is 0 Å². The van der Waals surface area contributed by atoms with Crippen LogP contribution in [0.15, 0.2) is 17.0 Å². The Balaban J connectivity index is 2.18. The Morgan fingerprint density at radius 2 is 1.85 bits per heavy atom. The predicted octanol–water partition coefficient (Wildman–Crippen LogP) is 1.26. The second kappa shape index (κ2) is 5.71. The van der Waals surface area contributed by atoms with Crippen LogP contribution in [0, 0.1) is 13.8 Å². The molecule has 0 amide bonds. The highest BCUT2D eigenvalue weighted by molar-refractivity contribution is 7.89. The third-order valence-electron chi connectivity index (χ3n) is 4.03. The smallest absolute Gasteiger partial charge is 0.240 e. The summed E-state index contributed by atoms with van der Waals surface area (Å²) >= 11 is 0. The quantitative estimate of drug-likeness (QED) is 0.824. The number of piperidine rings is 1. The fourth-order valence-corrected chi connectivity index (χ4v) is 3.85. The molecule has 2 rings (SSSR count). The maximum Gasteiger partial charge on any atom is 0.240 e. The molecule has 1 fully saturated rings. The van der Waals surface area contributed by atoms with Gasteiger partial charge < -0.3 is 10.6 Å². The summed E-state index contributed by atoms with van der Waals surface area (Å²) in [5, 5.41) is 0. The number of nitrogen functional groups attached to an aromatic ring is 1. The first-order valence-electron chi connectivity index (χ1n) is 6.87. The molecule has 1 aromatic carbocycles. The van der Waals surface area contributed by atoms with E-state index in [2.05, 4.69) is 16.7 Å². The van der Waals surface area contributed by atoms with Crippen molar-refractivity contribution in [2.75, 3.05) is 25.9 Å². The Bertz CT molecular complexity index is 567. The maximum absolute atomic E-state index is 12.4. The average Bonchev–Trinajstić information content (AvgIpc) is 2.38. The van der Waals surface area contributed by atoms with E-state index in [1.807, 2.05) is 13.8 Å². The van der Waals surface area contributed by atoms with Gasteiger partial charge in [-0.05, 0) is 70.1 Å². The standard InChI is InChI=1S/C14H23N3O2S/c1-10-8-13(9-14(15)11(10)2)20(18,19)16-12-4-6-17(3)7-5-12/h8-9,12,16H,4-7,15H2,1-3H3. The number of hydrogen-bond donors (Lipinski definition) is 2. The first-order valence-corrected chi connectivity index (χ1v) is 8.35. The third-order valence-corrected chi connectivity index (χ3v) is 5.53. The fraction of sp³-hybridized carbons (Fsp3) is 0.571. The lowest BCUT2D eigenvalue weighted by atomic mass is 10.1. The number of rotatable bonds is 3. The van der Waals surface area contributed by atoms with E-state index in [-0.39, 0.29) is 10.9 Å². The predicted molar refractivity (Wildman–Crippen MR) is 81.2 cm³/mol. The summed E-state index contributed by atoms with van der Waals surface area (Å²) in [7, 11) is -1.44. The molecule has 0 aliphatic carbocycles. The van der Waals surface area contributed by atoms with Gasteiger partial charge in [0.25, 0.3) is 0 Å². The highest BCUT2D eigenvalue weighted by Crippen LogP contribution is 2.22. The van der Waals surface area contributed by atoms with Crippen LogP contribution in [0.3, 0.4) is 0 Å². The lowest BCUT2D eigenvalue weighted by Crippen LogP contribution is -2.43. The summed E-state index contributed by atoms with van der Waals surface area (Å²) in [5.74, 6) is 0. The van der Waals surface area contributed by atoms with Crippen molar-refractivity contribution in [3.05, 3.63) is 23.3 Å². The van der Waals surface area contributed by atoms with Crippen LogP contribution in [-0.4, -0.2) is 39.5 Å². The Morgan fingerprint density at radius 3 is 2.40 bits per heavy atom. The summed E-state index contributed by atoms with van der Waals surface area (Å²) in [4.78, 5) is 2.47. The molecule has 5 nitrogen and oxygen atoms in total. The van der Waals surface area contributed by atoms with Crippen molar-refractivity contribution in [3.63, 3.8) is 0 Å². The molecule has 1 aromatic rings. The summed E-state index contributed by atoms with van der Waals surface area (Å²) in [5.41, 5.74) is 8.22. The SMILES string of the molecule is Cc1cc(S(=O)(=O)NC2CCN(C)CC2)cc(N)c1C. The minimum Gasteiger partial charge on any atom is -0.398 e. The zero-order valence-corrected chi connectivity index (χ0v) is 13.1. The number of sulfonamides is 1. The van der Waals surface area contributed by atoms with Gasteiger partial charge >= 0.3 is 0 Å². The minimum absolute atomic E-state index is 0.0130. The Hall–Kier alpha value is -1.11. The van der Waals surface area contributed by atoms with Crippen molar-refractivity contribution in [1.29, 1.82) is 0 Å². The van der Waals surface area contributed by atoms with E-state index in [0.717, 1.165) is 37.1 Å². The van der Waals surface area contributed by atoms with Gasteiger partial charge in [0.2, 0.25) is 10.0 Å². The molecule has 1 saturated heterocycles. The lowest BCUT2D eigenvalue weighted by molar-refractivity contribution is 0.248. The van der Waals surface area contributed by atoms with Gasteiger partial charge in [0.05, 0.1) is 4.90 Å². The van der Waals surface area contributed by atoms with Gasteiger partial charge in [-0.15, -0.1) is 0 Å². The summed E-state index contributed by atoms with van der Waals surface area (Å²) < 4.78 is 27.6. The molecule has 0 unspecified atom stereocenters. The zero-order valence-electron chi connectivity index (χ0n) is 12.3. The number of hydrogen-bond acceptors (Lipinski definition) is 4. The number of likely N-dealkylation sites (tertiary alicyclic amines) is 1. The second-order valence-electron chi connectivity index (χ2n) is 5.65. The van der Waals surface area contributed by atoms with E-state index in [0.29, 0.717) is 5.69 Å². The highest BCUT2D eigenvalue weighted by atomic mass is 32.2. The molecule has 0 spiro atoms. The number of nitrogens with zero attached hydrogens (tertiary/aromatic N) is 1. The van der Waals surface area contributed by atoms with Crippen LogP contribution in [0.1, 0.15) is 24.0 Å². The molecular formula is C14H23N3O2S. The van der Waals surface area contributed by atoms with E-state index in [9.17, 15) is 8.42 Å². The number of aryl methyl sites for hydroxylation is 1. The summed E-state index contributed by atoms with van der Waals surface area (Å²) in [6.45, 7) is 5.61. The maximum atomic E-state index is 12.4. The van der Waals surface area contributed by atoms with Crippen LogP contribution in [0.25, 0.3) is 0 Å². The average molecular weight is 297 g/mol. The van der Waals surface area contributed by atoms with Crippen molar-refractivity contribution in [2.45, 2.75) is 37.6 Å². The molecule has 6 heteroatoms. The van der Waals surface area contributed by atoms with Crippen LogP contribution in [0.4, 0.5) is 5.69 Å². The second-order valence-corrected chi connectivity index (χ2v) is 7.37. The van der Waals surface area contributed by atoms with Gasteiger partial charge in [0, 0.05) is 11.7 Å². The van der Waals surface area contributed by atoms with Crippen LogP contribution in [-0.2, 0) is 10.0 Å². The molecule has 0 bridgehead atoms. The van der Waals surface area contributed by atoms with Gasteiger partial charge in [-0.3, -0.25) is 0 Å². The molecule has 1 heterocycles. The van der Waals surface area contributed by atoms with E-state index in [1.165, 1.54) is 0 Å². The molecule has 0 atom stereocenters. The zero-order chi connectivity index (χ0) is 14.9. The molecular weight excluding hydrogens is 274 g/mol. The first kappa shape index (κ1) is 15.3. The van der Waals surface area contributed by atoms with Crippen molar-refractivity contribution in [1.82, 2.24) is 9.62 Å².